The van der Waals surface area contributed by atoms with Crippen molar-refractivity contribution in [2.75, 3.05) is 36.0 Å². The fraction of sp³-hybridized carbons (Fsp3) is 0.231. The van der Waals surface area contributed by atoms with Crippen LogP contribution in [0.25, 0.3) is 5.57 Å². The van der Waals surface area contributed by atoms with E-state index < -0.39 is 17.6 Å². The van der Waals surface area contributed by atoms with Crippen molar-refractivity contribution < 1.29 is 14.0 Å². The van der Waals surface area contributed by atoms with E-state index in [1.807, 2.05) is 36.9 Å². The number of carbonyl (C=O) groups is 2. The maximum absolute atomic E-state index is 14.0. The summed E-state index contributed by atoms with van der Waals surface area (Å²) in [5, 5.41) is 0. The SMILES string of the molecule is Cc1ccc(C2=C(N3CCN(c4ncccn4)CC3)C(=O)N(c3cccc(F)c3)C2=O)c(C)c1. The molecule has 0 radical (unpaired) electrons. The lowest BCUT2D eigenvalue weighted by molar-refractivity contribution is -0.120. The van der Waals surface area contributed by atoms with Crippen LogP contribution in [0.4, 0.5) is 16.0 Å². The molecule has 3 aromatic rings. The molecule has 8 heteroatoms. The third-order valence-electron chi connectivity index (χ3n) is 6.21. The van der Waals surface area contributed by atoms with Gasteiger partial charge in [-0.25, -0.2) is 19.3 Å². The molecule has 0 bridgehead atoms. The molecule has 0 unspecified atom stereocenters. The number of anilines is 2. The molecule has 7 nitrogen and oxygen atoms in total. The minimum Gasteiger partial charge on any atom is -0.363 e. The van der Waals surface area contributed by atoms with Gasteiger partial charge in [0.25, 0.3) is 11.8 Å². The molecule has 0 spiro atoms. The van der Waals surface area contributed by atoms with Crippen LogP contribution >= 0.6 is 0 Å². The molecule has 2 aliphatic heterocycles. The number of benzene rings is 2. The summed E-state index contributed by atoms with van der Waals surface area (Å²) in [5.41, 5.74) is 3.63. The van der Waals surface area contributed by atoms with Crippen molar-refractivity contribution in [1.29, 1.82) is 0 Å². The quantitative estimate of drug-likeness (QED) is 0.560. The molecule has 1 fully saturated rings. The summed E-state index contributed by atoms with van der Waals surface area (Å²) in [6, 6.07) is 13.2. The normalized spacial score (nSPS) is 16.6. The van der Waals surface area contributed by atoms with Crippen LogP contribution in [0.2, 0.25) is 0 Å². The van der Waals surface area contributed by atoms with E-state index in [1.165, 1.54) is 18.2 Å². The van der Waals surface area contributed by atoms with Gasteiger partial charge < -0.3 is 9.80 Å². The number of imide groups is 1. The minimum atomic E-state index is -0.504. The van der Waals surface area contributed by atoms with Gasteiger partial charge in [0.1, 0.15) is 11.5 Å². The highest BCUT2D eigenvalue weighted by atomic mass is 19.1. The van der Waals surface area contributed by atoms with Crippen molar-refractivity contribution in [3.05, 3.63) is 89.1 Å². The molecule has 0 atom stereocenters. The van der Waals surface area contributed by atoms with Crippen LogP contribution < -0.4 is 9.80 Å². The van der Waals surface area contributed by atoms with Gasteiger partial charge in [-0.2, -0.15) is 0 Å². The molecule has 34 heavy (non-hydrogen) atoms. The number of carbonyl (C=O) groups excluding carboxylic acids is 2. The van der Waals surface area contributed by atoms with E-state index in [0.717, 1.165) is 16.0 Å². The molecule has 172 valence electrons. The summed E-state index contributed by atoms with van der Waals surface area (Å²) < 4.78 is 14.0. The largest absolute Gasteiger partial charge is 0.363 e. The number of halogens is 1. The van der Waals surface area contributed by atoms with Gasteiger partial charge in [-0.05, 0) is 49.2 Å². The third-order valence-corrected chi connectivity index (χ3v) is 6.21. The highest BCUT2D eigenvalue weighted by Crippen LogP contribution is 2.36. The molecule has 3 heterocycles. The smallest absolute Gasteiger partial charge is 0.282 e. The first-order valence-corrected chi connectivity index (χ1v) is 11.2. The van der Waals surface area contributed by atoms with E-state index >= 15 is 0 Å². The third kappa shape index (κ3) is 3.81. The molecule has 2 aromatic carbocycles. The summed E-state index contributed by atoms with van der Waals surface area (Å²) in [4.78, 5) is 41.1. The van der Waals surface area contributed by atoms with Crippen LogP contribution in [0.5, 0.6) is 0 Å². The molecule has 2 aliphatic rings. The zero-order chi connectivity index (χ0) is 23.8. The topological polar surface area (TPSA) is 69.6 Å². The second-order valence-electron chi connectivity index (χ2n) is 8.49. The fourth-order valence-electron chi connectivity index (χ4n) is 4.58. The Morgan fingerprint density at radius 3 is 2.21 bits per heavy atom. The highest BCUT2D eigenvalue weighted by Gasteiger charge is 2.43. The van der Waals surface area contributed by atoms with Gasteiger partial charge in [0.2, 0.25) is 5.95 Å². The van der Waals surface area contributed by atoms with Crippen molar-refractivity contribution >= 4 is 29.0 Å². The number of amides is 2. The van der Waals surface area contributed by atoms with E-state index in [1.54, 1.807) is 24.5 Å². The van der Waals surface area contributed by atoms with Gasteiger partial charge in [0.15, 0.2) is 0 Å². The number of aryl methyl sites for hydroxylation is 2. The second kappa shape index (κ2) is 8.70. The monoisotopic (exact) mass is 457 g/mol. The average Bonchev–Trinajstić information content (AvgIpc) is 3.09. The Kier molecular flexibility index (Phi) is 5.57. The zero-order valence-corrected chi connectivity index (χ0v) is 19.0. The Morgan fingerprint density at radius 1 is 0.824 bits per heavy atom. The van der Waals surface area contributed by atoms with Gasteiger partial charge in [-0.15, -0.1) is 0 Å². The molecular weight excluding hydrogens is 433 g/mol. The Hall–Kier alpha value is -4.07. The summed E-state index contributed by atoms with van der Waals surface area (Å²) in [7, 11) is 0. The number of aromatic nitrogens is 2. The van der Waals surface area contributed by atoms with Gasteiger partial charge >= 0.3 is 0 Å². The second-order valence-corrected chi connectivity index (χ2v) is 8.49. The van der Waals surface area contributed by atoms with E-state index in [2.05, 4.69) is 14.9 Å². The van der Waals surface area contributed by atoms with Gasteiger partial charge in [-0.1, -0.05) is 29.8 Å². The van der Waals surface area contributed by atoms with Crippen LogP contribution in [-0.4, -0.2) is 52.9 Å². The molecule has 0 N–H and O–H groups in total. The lowest BCUT2D eigenvalue weighted by Crippen LogP contribution is -2.48. The Labute approximate surface area is 197 Å². The Morgan fingerprint density at radius 2 is 1.53 bits per heavy atom. The Bertz CT molecular complexity index is 1300. The van der Waals surface area contributed by atoms with E-state index in [9.17, 15) is 14.0 Å². The number of hydrogen-bond donors (Lipinski definition) is 0. The van der Waals surface area contributed by atoms with Crippen molar-refractivity contribution in [3.63, 3.8) is 0 Å². The maximum atomic E-state index is 14.0. The van der Waals surface area contributed by atoms with Gasteiger partial charge in [-0.3, -0.25) is 9.59 Å². The van der Waals surface area contributed by atoms with Gasteiger partial charge in [0.05, 0.1) is 11.3 Å². The first kappa shape index (κ1) is 21.8. The summed E-state index contributed by atoms with van der Waals surface area (Å²) in [6.07, 6.45) is 3.40. The number of piperazine rings is 1. The summed E-state index contributed by atoms with van der Waals surface area (Å²) >= 11 is 0. The maximum Gasteiger partial charge on any atom is 0.282 e. The number of nitrogens with zero attached hydrogens (tertiary/aromatic N) is 5. The molecule has 0 saturated carbocycles. The summed E-state index contributed by atoms with van der Waals surface area (Å²) in [6.45, 7) is 6.18. The fourth-order valence-corrected chi connectivity index (χ4v) is 4.58. The van der Waals surface area contributed by atoms with Crippen LogP contribution in [0, 0.1) is 19.7 Å². The lowest BCUT2D eigenvalue weighted by Gasteiger charge is -2.36. The van der Waals surface area contributed by atoms with Crippen molar-refractivity contribution in [3.8, 4) is 0 Å². The van der Waals surface area contributed by atoms with Crippen LogP contribution in [-0.2, 0) is 9.59 Å². The standard InChI is InChI=1S/C26H24FN5O2/c1-17-7-8-21(18(2)15-17)22-23(25(34)32(24(22)33)20-6-3-5-19(27)16-20)30-11-13-31(14-12-30)26-28-9-4-10-29-26/h3-10,15-16H,11-14H2,1-2H3. The molecular formula is C26H24FN5O2. The van der Waals surface area contributed by atoms with Crippen molar-refractivity contribution in [2.45, 2.75) is 13.8 Å². The molecule has 1 aromatic heterocycles. The molecule has 0 aliphatic carbocycles. The number of rotatable bonds is 4. The van der Waals surface area contributed by atoms with Crippen LogP contribution in [0.15, 0.2) is 66.6 Å². The van der Waals surface area contributed by atoms with Crippen molar-refractivity contribution in [2.24, 2.45) is 0 Å². The first-order valence-electron chi connectivity index (χ1n) is 11.2. The molecule has 2 amide bonds. The Balaban J connectivity index is 1.54. The average molecular weight is 458 g/mol. The predicted molar refractivity (Wildman–Crippen MR) is 128 cm³/mol. The predicted octanol–water partition coefficient (Wildman–Crippen LogP) is 3.34. The minimum absolute atomic E-state index is 0.226. The zero-order valence-electron chi connectivity index (χ0n) is 19.0. The molecule has 5 rings (SSSR count). The molecule has 1 saturated heterocycles. The van der Waals surface area contributed by atoms with Gasteiger partial charge in [0, 0.05) is 38.6 Å². The summed E-state index contributed by atoms with van der Waals surface area (Å²) in [5.74, 6) is -0.738. The van der Waals surface area contributed by atoms with E-state index in [4.69, 9.17) is 0 Å². The van der Waals surface area contributed by atoms with Crippen LogP contribution in [0.1, 0.15) is 16.7 Å². The number of hydrogen-bond acceptors (Lipinski definition) is 6. The van der Waals surface area contributed by atoms with E-state index in [0.29, 0.717) is 49.0 Å². The lowest BCUT2D eigenvalue weighted by atomic mass is 9.97. The van der Waals surface area contributed by atoms with Crippen LogP contribution in [0.3, 0.4) is 0 Å². The first-order chi connectivity index (χ1) is 16.4. The van der Waals surface area contributed by atoms with Crippen molar-refractivity contribution in [1.82, 2.24) is 14.9 Å². The highest BCUT2D eigenvalue weighted by molar-refractivity contribution is 6.45. The van der Waals surface area contributed by atoms with E-state index in [-0.39, 0.29) is 5.69 Å².